The van der Waals surface area contributed by atoms with Crippen LogP contribution in [0.15, 0.2) is 24.3 Å². The van der Waals surface area contributed by atoms with Gasteiger partial charge >= 0.3 is 12.0 Å². The number of rotatable bonds is 5. The zero-order valence-corrected chi connectivity index (χ0v) is 12.2. The Labute approximate surface area is 123 Å². The Balaban J connectivity index is 2.10. The smallest absolute Gasteiger partial charge is 0.326 e. The molecule has 1 aromatic carbocycles. The van der Waals surface area contributed by atoms with E-state index in [2.05, 4.69) is 5.32 Å². The summed E-state index contributed by atoms with van der Waals surface area (Å²) in [4.78, 5) is 25.2. The average Bonchev–Trinajstić information content (AvgIpc) is 2.78. The lowest BCUT2D eigenvalue weighted by Crippen LogP contribution is -2.50. The number of benzene rings is 1. The number of carbonyl (C=O) groups is 2. The highest BCUT2D eigenvalue weighted by atomic mass is 16.5. The molecule has 2 N–H and O–H groups in total. The number of carbonyl (C=O) groups excluding carboxylic acids is 1. The van der Waals surface area contributed by atoms with Gasteiger partial charge in [0.05, 0.1) is 0 Å². The third-order valence-corrected chi connectivity index (χ3v) is 3.63. The van der Waals surface area contributed by atoms with Crippen molar-refractivity contribution in [2.24, 2.45) is 0 Å². The van der Waals surface area contributed by atoms with Gasteiger partial charge in [0.25, 0.3) is 0 Å². The van der Waals surface area contributed by atoms with Gasteiger partial charge in [0.15, 0.2) is 0 Å². The fraction of sp³-hybridized carbons (Fsp3) is 0.467. The number of anilines is 1. The van der Waals surface area contributed by atoms with Crippen LogP contribution in [0.5, 0.6) is 0 Å². The molecule has 1 aromatic rings. The summed E-state index contributed by atoms with van der Waals surface area (Å²) in [7, 11) is 1.50. The van der Waals surface area contributed by atoms with E-state index in [0.717, 1.165) is 17.7 Å². The second kappa shape index (κ2) is 6.58. The molecule has 6 nitrogen and oxygen atoms in total. The lowest BCUT2D eigenvalue weighted by atomic mass is 10.1. The van der Waals surface area contributed by atoms with Crippen LogP contribution in [-0.2, 0) is 16.0 Å². The van der Waals surface area contributed by atoms with E-state index >= 15 is 0 Å². The highest BCUT2D eigenvalue weighted by Crippen LogP contribution is 2.31. The number of fused-ring (bicyclic) bond motifs is 1. The number of amides is 2. The number of methoxy groups -OCH3 is 1. The number of carboxylic acid groups (broad SMARTS) is 1. The van der Waals surface area contributed by atoms with Crippen molar-refractivity contribution in [1.82, 2.24) is 5.32 Å². The van der Waals surface area contributed by atoms with Gasteiger partial charge in [0.2, 0.25) is 0 Å². The van der Waals surface area contributed by atoms with Crippen LogP contribution in [0.4, 0.5) is 10.5 Å². The normalized spacial score (nSPS) is 18.2. The standard InChI is InChI=1S/C15H20N2O4/c1-10-9-11-5-3-4-6-13(11)17(10)15(20)16-12(14(18)19)7-8-21-2/h3-6,10,12H,7-9H2,1-2H3,(H,16,20)(H,18,19). The first-order chi connectivity index (χ1) is 10.0. The summed E-state index contributed by atoms with van der Waals surface area (Å²) in [5.41, 5.74) is 1.95. The lowest BCUT2D eigenvalue weighted by molar-refractivity contribution is -0.139. The summed E-state index contributed by atoms with van der Waals surface area (Å²) in [6.07, 6.45) is 1.01. The molecule has 0 radical (unpaired) electrons. The first-order valence-electron chi connectivity index (χ1n) is 6.94. The van der Waals surface area contributed by atoms with Crippen LogP contribution >= 0.6 is 0 Å². The number of urea groups is 1. The molecule has 0 saturated heterocycles. The Morgan fingerprint density at radius 1 is 1.48 bits per heavy atom. The van der Waals surface area contributed by atoms with Gasteiger partial charge in [0, 0.05) is 31.9 Å². The molecule has 0 aromatic heterocycles. The fourth-order valence-electron chi connectivity index (χ4n) is 2.59. The molecule has 1 heterocycles. The minimum Gasteiger partial charge on any atom is -0.480 e. The number of hydrogen-bond acceptors (Lipinski definition) is 3. The van der Waals surface area contributed by atoms with E-state index in [9.17, 15) is 9.59 Å². The molecule has 6 heteroatoms. The maximum Gasteiger partial charge on any atom is 0.326 e. The van der Waals surface area contributed by atoms with Crippen molar-refractivity contribution >= 4 is 17.7 Å². The third kappa shape index (κ3) is 3.33. The second-order valence-corrected chi connectivity index (χ2v) is 5.17. The van der Waals surface area contributed by atoms with Crippen molar-refractivity contribution in [3.05, 3.63) is 29.8 Å². The molecular weight excluding hydrogens is 272 g/mol. The molecule has 0 saturated carbocycles. The number of nitrogens with one attached hydrogen (secondary N) is 1. The van der Waals surface area contributed by atoms with Crippen LogP contribution in [0, 0.1) is 0 Å². The predicted molar refractivity (Wildman–Crippen MR) is 78.5 cm³/mol. The van der Waals surface area contributed by atoms with Crippen LogP contribution in [0.25, 0.3) is 0 Å². The van der Waals surface area contributed by atoms with Gasteiger partial charge in [-0.05, 0) is 25.0 Å². The molecule has 0 fully saturated rings. The van der Waals surface area contributed by atoms with Crippen LogP contribution in [-0.4, -0.2) is 42.9 Å². The van der Waals surface area contributed by atoms with Gasteiger partial charge < -0.3 is 15.2 Å². The first kappa shape index (κ1) is 15.3. The van der Waals surface area contributed by atoms with Crippen molar-refractivity contribution < 1.29 is 19.4 Å². The molecule has 0 spiro atoms. The molecule has 2 amide bonds. The Hall–Kier alpha value is -2.08. The number of aliphatic carboxylic acids is 1. The summed E-state index contributed by atoms with van der Waals surface area (Å²) < 4.78 is 4.88. The van der Waals surface area contributed by atoms with E-state index in [4.69, 9.17) is 9.84 Å². The molecule has 1 aliphatic rings. The fourth-order valence-corrected chi connectivity index (χ4v) is 2.59. The molecule has 2 atom stereocenters. The Morgan fingerprint density at radius 2 is 2.19 bits per heavy atom. The van der Waals surface area contributed by atoms with Crippen molar-refractivity contribution in [3.63, 3.8) is 0 Å². The monoisotopic (exact) mass is 292 g/mol. The molecule has 0 bridgehead atoms. The van der Waals surface area contributed by atoms with Crippen molar-refractivity contribution in [1.29, 1.82) is 0 Å². The molecule has 0 aliphatic carbocycles. The molecule has 114 valence electrons. The van der Waals surface area contributed by atoms with Crippen molar-refractivity contribution in [2.75, 3.05) is 18.6 Å². The van der Waals surface area contributed by atoms with Gasteiger partial charge in [0.1, 0.15) is 6.04 Å². The molecular formula is C15H20N2O4. The first-order valence-corrected chi connectivity index (χ1v) is 6.94. The van der Waals surface area contributed by atoms with E-state index in [-0.39, 0.29) is 25.1 Å². The number of carboxylic acids is 1. The van der Waals surface area contributed by atoms with Gasteiger partial charge in [-0.2, -0.15) is 0 Å². The summed E-state index contributed by atoms with van der Waals surface area (Å²) >= 11 is 0. The Bertz CT molecular complexity index is 532. The minimum absolute atomic E-state index is 0.0132. The maximum absolute atomic E-state index is 12.4. The average molecular weight is 292 g/mol. The quantitative estimate of drug-likeness (QED) is 0.864. The third-order valence-electron chi connectivity index (χ3n) is 3.63. The summed E-state index contributed by atoms with van der Waals surface area (Å²) in [5, 5.41) is 11.7. The number of nitrogens with zero attached hydrogens (tertiary/aromatic N) is 1. The molecule has 2 rings (SSSR count). The Morgan fingerprint density at radius 3 is 2.86 bits per heavy atom. The van der Waals surface area contributed by atoms with E-state index in [0.29, 0.717) is 0 Å². The van der Waals surface area contributed by atoms with E-state index in [1.54, 1.807) is 4.90 Å². The van der Waals surface area contributed by atoms with Crippen LogP contribution in [0.1, 0.15) is 18.9 Å². The number of ether oxygens (including phenoxy) is 1. The van der Waals surface area contributed by atoms with Crippen molar-refractivity contribution in [2.45, 2.75) is 31.8 Å². The minimum atomic E-state index is -1.06. The summed E-state index contributed by atoms with van der Waals surface area (Å²) in [5.74, 6) is -1.06. The van der Waals surface area contributed by atoms with Gasteiger partial charge in [-0.25, -0.2) is 9.59 Å². The van der Waals surface area contributed by atoms with Crippen LogP contribution < -0.4 is 10.2 Å². The van der Waals surface area contributed by atoms with E-state index in [1.165, 1.54) is 7.11 Å². The summed E-state index contributed by atoms with van der Waals surface area (Å²) in [6, 6.07) is 6.36. The predicted octanol–water partition coefficient (Wildman–Crippen LogP) is 1.64. The number of para-hydroxylation sites is 1. The van der Waals surface area contributed by atoms with E-state index in [1.807, 2.05) is 31.2 Å². The van der Waals surface area contributed by atoms with Gasteiger partial charge in [-0.15, -0.1) is 0 Å². The molecule has 1 aliphatic heterocycles. The van der Waals surface area contributed by atoms with Crippen LogP contribution in [0.2, 0.25) is 0 Å². The van der Waals surface area contributed by atoms with E-state index < -0.39 is 12.0 Å². The van der Waals surface area contributed by atoms with Gasteiger partial charge in [-0.1, -0.05) is 18.2 Å². The Kier molecular flexibility index (Phi) is 4.80. The van der Waals surface area contributed by atoms with Gasteiger partial charge in [-0.3, -0.25) is 4.90 Å². The second-order valence-electron chi connectivity index (χ2n) is 5.17. The highest BCUT2D eigenvalue weighted by Gasteiger charge is 2.32. The van der Waals surface area contributed by atoms with Crippen molar-refractivity contribution in [3.8, 4) is 0 Å². The zero-order chi connectivity index (χ0) is 15.4. The molecule has 21 heavy (non-hydrogen) atoms. The topological polar surface area (TPSA) is 78.9 Å². The largest absolute Gasteiger partial charge is 0.480 e. The lowest BCUT2D eigenvalue weighted by Gasteiger charge is -2.25. The summed E-state index contributed by atoms with van der Waals surface area (Å²) in [6.45, 7) is 2.23. The number of hydrogen-bond donors (Lipinski definition) is 2. The van der Waals surface area contributed by atoms with Crippen LogP contribution in [0.3, 0.4) is 0 Å². The molecule has 2 unspecified atom stereocenters. The SMILES string of the molecule is COCCC(NC(=O)N1c2ccccc2CC1C)C(=O)O. The highest BCUT2D eigenvalue weighted by molar-refractivity contribution is 5.96. The zero-order valence-electron chi connectivity index (χ0n) is 12.2. The maximum atomic E-state index is 12.4.